The van der Waals surface area contributed by atoms with Gasteiger partial charge in [-0.3, -0.25) is 14.3 Å². The third kappa shape index (κ3) is 4.53. The molecule has 0 radical (unpaired) electrons. The standard InChI is InChI=1S/C22H21Cl2N3O5/c1-2-31-21(29)26-9-7-25(8-10-26)13-27-18-6-4-15(12-19(18)32-22(27)30)20(28)14-3-5-16(23)17(24)11-14/h3-6,11-12H,2,7-10,13H2,1H3. The van der Waals surface area contributed by atoms with E-state index in [1.807, 2.05) is 0 Å². The first kappa shape index (κ1) is 22.4. The van der Waals surface area contributed by atoms with Gasteiger partial charge in [-0.05, 0) is 43.3 Å². The van der Waals surface area contributed by atoms with Crippen molar-refractivity contribution in [2.24, 2.45) is 0 Å². The highest BCUT2D eigenvalue weighted by molar-refractivity contribution is 6.42. The van der Waals surface area contributed by atoms with Gasteiger partial charge in [-0.25, -0.2) is 9.59 Å². The van der Waals surface area contributed by atoms with Gasteiger partial charge in [0.15, 0.2) is 11.4 Å². The van der Waals surface area contributed by atoms with Crippen molar-refractivity contribution in [3.8, 4) is 0 Å². The molecule has 0 bridgehead atoms. The first-order valence-corrected chi connectivity index (χ1v) is 10.9. The number of nitrogens with zero attached hydrogens (tertiary/aromatic N) is 3. The number of amides is 1. The van der Waals surface area contributed by atoms with Crippen LogP contribution in [0, 0.1) is 0 Å². The molecule has 1 saturated heterocycles. The Kier molecular flexibility index (Phi) is 6.55. The number of ether oxygens (including phenoxy) is 1. The zero-order valence-corrected chi connectivity index (χ0v) is 18.9. The Labute approximate surface area is 193 Å². The van der Waals surface area contributed by atoms with Crippen molar-refractivity contribution >= 4 is 46.2 Å². The minimum Gasteiger partial charge on any atom is -0.450 e. The lowest BCUT2D eigenvalue weighted by atomic mass is 10.0. The Morgan fingerprint density at radius 2 is 1.69 bits per heavy atom. The summed E-state index contributed by atoms with van der Waals surface area (Å²) in [6, 6.07) is 9.56. The van der Waals surface area contributed by atoms with Crippen LogP contribution in [0.1, 0.15) is 22.8 Å². The van der Waals surface area contributed by atoms with Crippen molar-refractivity contribution in [1.82, 2.24) is 14.4 Å². The van der Waals surface area contributed by atoms with Gasteiger partial charge < -0.3 is 14.1 Å². The van der Waals surface area contributed by atoms with E-state index in [0.29, 0.717) is 71.7 Å². The minimum absolute atomic E-state index is 0.254. The average Bonchev–Trinajstić information content (AvgIpc) is 3.10. The fourth-order valence-electron chi connectivity index (χ4n) is 3.63. The maximum atomic E-state index is 12.8. The summed E-state index contributed by atoms with van der Waals surface area (Å²) in [6.45, 7) is 4.68. The number of piperazine rings is 1. The highest BCUT2D eigenvalue weighted by Crippen LogP contribution is 2.25. The monoisotopic (exact) mass is 477 g/mol. The van der Waals surface area contributed by atoms with E-state index in [9.17, 15) is 14.4 Å². The molecule has 2 aromatic carbocycles. The summed E-state index contributed by atoms with van der Waals surface area (Å²) in [6.07, 6.45) is -0.322. The molecule has 0 spiro atoms. The molecule has 32 heavy (non-hydrogen) atoms. The highest BCUT2D eigenvalue weighted by atomic mass is 35.5. The molecule has 0 N–H and O–H groups in total. The number of benzene rings is 2. The van der Waals surface area contributed by atoms with Crippen LogP contribution in [0.25, 0.3) is 11.1 Å². The molecule has 1 aliphatic heterocycles. The van der Waals surface area contributed by atoms with E-state index in [2.05, 4.69) is 4.90 Å². The second-order valence-corrected chi connectivity index (χ2v) is 8.20. The zero-order valence-electron chi connectivity index (χ0n) is 17.3. The van der Waals surface area contributed by atoms with Crippen molar-refractivity contribution in [2.45, 2.75) is 13.6 Å². The summed E-state index contributed by atoms with van der Waals surface area (Å²) in [7, 11) is 0. The Morgan fingerprint density at radius 1 is 1.00 bits per heavy atom. The molecule has 0 aliphatic carbocycles. The second kappa shape index (κ2) is 9.36. The summed E-state index contributed by atoms with van der Waals surface area (Å²) < 4.78 is 11.9. The lowest BCUT2D eigenvalue weighted by molar-refractivity contribution is 0.0705. The first-order chi connectivity index (χ1) is 15.4. The first-order valence-electron chi connectivity index (χ1n) is 10.1. The Morgan fingerprint density at radius 3 is 2.38 bits per heavy atom. The minimum atomic E-state index is -0.507. The van der Waals surface area contributed by atoms with E-state index in [1.165, 1.54) is 10.6 Å². The Hall–Kier alpha value is -2.81. The maximum absolute atomic E-state index is 12.8. The Balaban J connectivity index is 1.51. The molecule has 1 amide bonds. The molecule has 0 unspecified atom stereocenters. The number of carbonyl (C=O) groups excluding carboxylic acids is 2. The quantitative estimate of drug-likeness (QED) is 0.518. The lowest BCUT2D eigenvalue weighted by Crippen LogP contribution is -2.49. The van der Waals surface area contributed by atoms with Gasteiger partial charge in [0, 0.05) is 37.3 Å². The fourth-order valence-corrected chi connectivity index (χ4v) is 3.93. The normalized spacial score (nSPS) is 14.7. The van der Waals surface area contributed by atoms with Crippen LogP contribution in [-0.4, -0.2) is 59.0 Å². The lowest BCUT2D eigenvalue weighted by Gasteiger charge is -2.33. The third-order valence-electron chi connectivity index (χ3n) is 5.35. The van der Waals surface area contributed by atoms with Gasteiger partial charge >= 0.3 is 11.8 Å². The van der Waals surface area contributed by atoms with Gasteiger partial charge in [0.2, 0.25) is 0 Å². The van der Waals surface area contributed by atoms with Crippen LogP contribution in [0.3, 0.4) is 0 Å². The van der Waals surface area contributed by atoms with Crippen molar-refractivity contribution in [3.63, 3.8) is 0 Å². The third-order valence-corrected chi connectivity index (χ3v) is 6.09. The second-order valence-electron chi connectivity index (χ2n) is 7.38. The smallest absolute Gasteiger partial charge is 0.421 e. The summed E-state index contributed by atoms with van der Waals surface area (Å²) in [4.78, 5) is 40.8. The molecule has 3 aromatic rings. The van der Waals surface area contributed by atoms with Gasteiger partial charge in [-0.15, -0.1) is 0 Å². The van der Waals surface area contributed by atoms with Crippen molar-refractivity contribution < 1.29 is 18.7 Å². The van der Waals surface area contributed by atoms with Crippen LogP contribution >= 0.6 is 23.2 Å². The topological polar surface area (TPSA) is 85.0 Å². The van der Waals surface area contributed by atoms with E-state index in [4.69, 9.17) is 32.4 Å². The molecule has 1 aromatic heterocycles. The van der Waals surface area contributed by atoms with Gasteiger partial charge in [0.25, 0.3) is 0 Å². The predicted octanol–water partition coefficient (Wildman–Crippen LogP) is 3.86. The molecule has 10 heteroatoms. The molecule has 4 rings (SSSR count). The van der Waals surface area contributed by atoms with E-state index in [-0.39, 0.29) is 11.9 Å². The molecule has 168 valence electrons. The van der Waals surface area contributed by atoms with Gasteiger partial charge in [-0.1, -0.05) is 23.2 Å². The molecule has 0 saturated carbocycles. The summed E-state index contributed by atoms with van der Waals surface area (Å²) >= 11 is 11.9. The predicted molar refractivity (Wildman–Crippen MR) is 121 cm³/mol. The van der Waals surface area contributed by atoms with E-state index in [1.54, 1.807) is 42.2 Å². The van der Waals surface area contributed by atoms with Crippen molar-refractivity contribution in [1.29, 1.82) is 0 Å². The van der Waals surface area contributed by atoms with Gasteiger partial charge in [0.1, 0.15) is 0 Å². The number of halogens is 2. The number of aromatic nitrogens is 1. The highest BCUT2D eigenvalue weighted by Gasteiger charge is 2.23. The summed E-state index contributed by atoms with van der Waals surface area (Å²) in [5.41, 5.74) is 1.68. The fraction of sp³-hybridized carbons (Fsp3) is 0.318. The summed E-state index contributed by atoms with van der Waals surface area (Å²) in [5, 5.41) is 0.657. The number of hydrogen-bond acceptors (Lipinski definition) is 6. The SMILES string of the molecule is CCOC(=O)N1CCN(Cn2c(=O)oc3cc(C(=O)c4ccc(Cl)c(Cl)c4)ccc32)CC1. The Bertz CT molecular complexity index is 1230. The number of ketones is 1. The van der Waals surface area contributed by atoms with Crippen LogP contribution in [0.4, 0.5) is 4.79 Å². The van der Waals surface area contributed by atoms with Crippen LogP contribution < -0.4 is 5.76 Å². The van der Waals surface area contributed by atoms with Gasteiger partial charge in [0.05, 0.1) is 28.8 Å². The van der Waals surface area contributed by atoms with Crippen LogP contribution in [0.5, 0.6) is 0 Å². The largest absolute Gasteiger partial charge is 0.450 e. The van der Waals surface area contributed by atoms with Crippen LogP contribution in [0.2, 0.25) is 10.0 Å². The summed E-state index contributed by atoms with van der Waals surface area (Å²) in [5.74, 6) is -0.761. The van der Waals surface area contributed by atoms with E-state index in [0.717, 1.165) is 0 Å². The number of oxazole rings is 1. The van der Waals surface area contributed by atoms with E-state index < -0.39 is 5.76 Å². The average molecular weight is 478 g/mol. The van der Waals surface area contributed by atoms with Crippen molar-refractivity contribution in [3.05, 3.63) is 68.1 Å². The van der Waals surface area contributed by atoms with Crippen LogP contribution in [0.15, 0.2) is 45.6 Å². The van der Waals surface area contributed by atoms with Crippen LogP contribution in [-0.2, 0) is 11.4 Å². The van der Waals surface area contributed by atoms with Crippen molar-refractivity contribution in [2.75, 3.05) is 32.8 Å². The number of carbonyl (C=O) groups is 2. The zero-order chi connectivity index (χ0) is 22.8. The number of rotatable bonds is 5. The van der Waals surface area contributed by atoms with E-state index >= 15 is 0 Å². The molecule has 2 heterocycles. The molecular formula is C22H21Cl2N3O5. The molecule has 8 nitrogen and oxygen atoms in total. The molecule has 1 aliphatic rings. The maximum Gasteiger partial charge on any atom is 0.421 e. The molecular weight excluding hydrogens is 457 g/mol. The van der Waals surface area contributed by atoms with Gasteiger partial charge in [-0.2, -0.15) is 0 Å². The molecule has 1 fully saturated rings. The number of fused-ring (bicyclic) bond motifs is 1. The number of hydrogen-bond donors (Lipinski definition) is 0. The molecule has 0 atom stereocenters.